The van der Waals surface area contributed by atoms with Crippen LogP contribution in [-0.4, -0.2) is 157 Å². The lowest BCUT2D eigenvalue weighted by Gasteiger charge is -2.34. The van der Waals surface area contributed by atoms with Gasteiger partial charge >= 0.3 is 5.69 Å². The molecule has 3 fully saturated rings. The Bertz CT molecular complexity index is 2120. The van der Waals surface area contributed by atoms with Crippen LogP contribution in [0.3, 0.4) is 0 Å². The van der Waals surface area contributed by atoms with E-state index in [-0.39, 0.29) is 21.3 Å². The fourth-order valence-electron chi connectivity index (χ4n) is 6.44. The first-order valence-corrected chi connectivity index (χ1v) is 21.8. The number of nitro groups is 3. The summed E-state index contributed by atoms with van der Waals surface area (Å²) in [6.45, 7) is 13.1. The molecular weight excluding hydrogens is 898 g/mol. The number of anilines is 6. The molecule has 0 amide bonds. The lowest BCUT2D eigenvalue weighted by molar-refractivity contribution is -0.387. The summed E-state index contributed by atoms with van der Waals surface area (Å²) < 4.78 is 12.6. The summed E-state index contributed by atoms with van der Waals surface area (Å²) in [7, 11) is 13.1. The van der Waals surface area contributed by atoms with E-state index >= 15 is 0 Å². The average Bonchev–Trinajstić information content (AvgIpc) is 3.31. The second-order valence-corrected chi connectivity index (χ2v) is 15.8. The van der Waals surface area contributed by atoms with Crippen molar-refractivity contribution in [2.45, 2.75) is 0 Å². The number of rotatable bonds is 8. The number of likely N-dealkylation sites (N-methyl/N-ethyl adjacent to an activating group) is 3. The molecule has 4 aromatic rings. The van der Waals surface area contributed by atoms with Crippen LogP contribution in [0.5, 0.6) is 0 Å². The van der Waals surface area contributed by atoms with Crippen molar-refractivity contribution >= 4 is 74.4 Å². The number of benzene rings is 4. The summed E-state index contributed by atoms with van der Waals surface area (Å²) >= 11 is 11.0. The summed E-state index contributed by atoms with van der Waals surface area (Å²) in [6, 6.07) is 19.0. The van der Waals surface area contributed by atoms with Gasteiger partial charge in [0.2, 0.25) is 5.82 Å². The van der Waals surface area contributed by atoms with E-state index in [9.17, 15) is 34.7 Å². The molecule has 0 bridgehead atoms. The Morgan fingerprint density at radius 3 is 1.30 bits per heavy atom. The van der Waals surface area contributed by atoms with Gasteiger partial charge in [0.1, 0.15) is 11.4 Å². The molecule has 66 heavy (non-hydrogen) atoms. The molecule has 8 N–H and O–H groups in total. The van der Waals surface area contributed by atoms with Gasteiger partial charge in [0.15, 0.2) is 0 Å². The van der Waals surface area contributed by atoms with E-state index in [1.807, 2.05) is 25.2 Å². The Morgan fingerprint density at radius 2 is 0.909 bits per heavy atom. The van der Waals surface area contributed by atoms with Gasteiger partial charge in [0.05, 0.1) is 26.1 Å². The van der Waals surface area contributed by atoms with Gasteiger partial charge in [-0.15, -0.1) is 0 Å². The first-order valence-electron chi connectivity index (χ1n) is 21.1. The molecule has 20 nitrogen and oxygen atoms in total. The Balaban J connectivity index is 0.000000289. The summed E-state index contributed by atoms with van der Waals surface area (Å²) in [5, 5.41) is 43.9. The average molecular weight is 964 g/mol. The maximum atomic E-state index is 12.6. The van der Waals surface area contributed by atoms with Gasteiger partial charge in [0.25, 0.3) is 11.4 Å². The predicted octanol–water partition coefficient (Wildman–Crippen LogP) is 6.22. The molecule has 0 radical (unpaired) electrons. The number of nitro benzene ring substituents is 3. The summed E-state index contributed by atoms with van der Waals surface area (Å²) in [4.78, 5) is 41.3. The summed E-state index contributed by atoms with van der Waals surface area (Å²) in [5.41, 5.74) is 15.1. The van der Waals surface area contributed by atoms with E-state index < -0.39 is 21.4 Å². The molecule has 0 aliphatic carbocycles. The van der Waals surface area contributed by atoms with E-state index in [0.29, 0.717) is 16.4 Å². The van der Waals surface area contributed by atoms with E-state index in [4.69, 9.17) is 28.9 Å². The summed E-state index contributed by atoms with van der Waals surface area (Å²) in [6.07, 6.45) is 0. The lowest BCUT2D eigenvalue weighted by atomic mass is 10.2. The van der Waals surface area contributed by atoms with Crippen molar-refractivity contribution in [2.75, 3.05) is 159 Å². The summed E-state index contributed by atoms with van der Waals surface area (Å²) in [5.74, 6) is -0.914. The highest BCUT2D eigenvalue weighted by molar-refractivity contribution is 6.31. The molecule has 3 aliphatic heterocycles. The van der Waals surface area contributed by atoms with Crippen LogP contribution in [0, 0.1) is 36.2 Å². The lowest BCUT2D eigenvalue weighted by Crippen LogP contribution is -2.44. The standard InChI is InChI=1S/C12H18N4O2.C12H20N4.C7H7ClN2O2.C6H3ClFNO2.C5H12N2.CH5N/c1-13-11-9-10(3-4-12(11)16(17)18)15-7-5-14(2)6-8-15;1-14-12-9-10(3-4-11(12)13)16-7-5-15(2)6-8-16;1-9-6-4-5(8)2-3-7(6)10(11)12;7-4-1-2-6(9(10)11)5(8)3-4;1-7-4-2-6-3-5-7;1-2/h3-4,9,13H,5-8H2,1-2H3;3-4,9,14H,5-8,13H2,1-2H3;2-4,9H,1H3;1-3H;6H,2-5H2,1H3;2H2,1H3. The first-order chi connectivity index (χ1) is 31.5. The van der Waals surface area contributed by atoms with Crippen molar-refractivity contribution in [3.05, 3.63) is 119 Å². The number of piperazine rings is 3. The maximum absolute atomic E-state index is 12.6. The molecule has 7 rings (SSSR count). The van der Waals surface area contributed by atoms with Crippen molar-refractivity contribution < 1.29 is 19.2 Å². The van der Waals surface area contributed by atoms with Crippen LogP contribution in [0.1, 0.15) is 0 Å². The van der Waals surface area contributed by atoms with Crippen molar-refractivity contribution in [3.8, 4) is 0 Å². The Kier molecular flexibility index (Phi) is 25.3. The molecule has 0 saturated carbocycles. The molecule has 0 atom stereocenters. The number of nitrogens with zero attached hydrogens (tertiary/aromatic N) is 8. The second-order valence-electron chi connectivity index (χ2n) is 14.9. The van der Waals surface area contributed by atoms with Crippen molar-refractivity contribution in [2.24, 2.45) is 5.73 Å². The molecule has 3 aliphatic rings. The van der Waals surface area contributed by atoms with Crippen LogP contribution >= 0.6 is 23.2 Å². The highest BCUT2D eigenvalue weighted by atomic mass is 35.5. The van der Waals surface area contributed by atoms with Gasteiger partial charge in [-0.2, -0.15) is 4.39 Å². The van der Waals surface area contributed by atoms with Crippen LogP contribution in [0.25, 0.3) is 0 Å². The molecule has 4 aromatic carbocycles. The van der Waals surface area contributed by atoms with E-state index in [2.05, 4.69) is 84.8 Å². The van der Waals surface area contributed by atoms with E-state index in [0.717, 1.165) is 94.6 Å². The third-order valence-electron chi connectivity index (χ3n) is 10.4. The van der Waals surface area contributed by atoms with Gasteiger partial charge in [-0.1, -0.05) is 23.2 Å². The van der Waals surface area contributed by atoms with Crippen LogP contribution in [0.4, 0.5) is 55.6 Å². The van der Waals surface area contributed by atoms with E-state index in [1.54, 1.807) is 20.2 Å². The topological polar surface area (TPSA) is 246 Å². The van der Waals surface area contributed by atoms with Crippen molar-refractivity contribution in [1.82, 2.24) is 20.0 Å². The molecular formula is C43H65Cl2FN14O6. The molecule has 23 heteroatoms. The third-order valence-corrected chi connectivity index (χ3v) is 10.8. The molecule has 0 spiro atoms. The molecule has 3 saturated heterocycles. The number of hydrogen-bond acceptors (Lipinski definition) is 17. The van der Waals surface area contributed by atoms with Crippen molar-refractivity contribution in [1.29, 1.82) is 0 Å². The third kappa shape index (κ3) is 19.0. The molecule has 3 heterocycles. The highest BCUT2D eigenvalue weighted by Crippen LogP contribution is 2.30. The van der Waals surface area contributed by atoms with Crippen LogP contribution in [0.2, 0.25) is 10.0 Å². The van der Waals surface area contributed by atoms with Crippen LogP contribution in [0.15, 0.2) is 72.8 Å². The first kappa shape index (κ1) is 56.3. The number of hydrogen-bond donors (Lipinski definition) is 6. The van der Waals surface area contributed by atoms with Gasteiger partial charge in [-0.25, -0.2) is 0 Å². The van der Waals surface area contributed by atoms with Gasteiger partial charge < -0.3 is 57.2 Å². The van der Waals surface area contributed by atoms with Gasteiger partial charge in [0, 0.05) is 139 Å². The van der Waals surface area contributed by atoms with Crippen LogP contribution in [-0.2, 0) is 0 Å². The normalized spacial score (nSPS) is 14.9. The molecule has 364 valence electrons. The minimum absolute atomic E-state index is 0.0295. The maximum Gasteiger partial charge on any atom is 0.304 e. The van der Waals surface area contributed by atoms with E-state index in [1.165, 1.54) is 50.1 Å². The Labute approximate surface area is 396 Å². The zero-order chi connectivity index (χ0) is 49.3. The smallest absolute Gasteiger partial charge is 0.304 e. The minimum atomic E-state index is -0.914. The zero-order valence-corrected chi connectivity index (χ0v) is 40.2. The quantitative estimate of drug-likeness (QED) is 0.0652. The van der Waals surface area contributed by atoms with Gasteiger partial charge in [-0.3, -0.25) is 30.3 Å². The fraction of sp³-hybridized carbons (Fsp3) is 0.442. The minimum Gasteiger partial charge on any atom is -0.397 e. The number of nitrogen functional groups attached to an aromatic ring is 1. The predicted molar refractivity (Wildman–Crippen MR) is 269 cm³/mol. The van der Waals surface area contributed by atoms with Crippen molar-refractivity contribution in [3.63, 3.8) is 0 Å². The highest BCUT2D eigenvalue weighted by Gasteiger charge is 2.19. The largest absolute Gasteiger partial charge is 0.397 e. The second kappa shape index (κ2) is 29.7. The molecule has 0 unspecified atom stereocenters. The molecule has 0 aromatic heterocycles. The Morgan fingerprint density at radius 1 is 0.545 bits per heavy atom. The number of nitrogens with two attached hydrogens (primary N) is 2. The monoisotopic (exact) mass is 962 g/mol. The fourth-order valence-corrected chi connectivity index (χ4v) is 6.77. The zero-order valence-electron chi connectivity index (χ0n) is 38.7. The number of halogens is 3. The van der Waals surface area contributed by atoms with Gasteiger partial charge in [-0.05, 0) is 82.8 Å². The Hall–Kier alpha value is -5.81. The number of nitrogens with one attached hydrogen (secondary N) is 4. The van der Waals surface area contributed by atoms with Crippen LogP contribution < -0.4 is 42.5 Å². The SMILES string of the molecule is CN.CN1CCNCC1.CNc1cc(Cl)ccc1[N+](=O)[O-].CNc1cc(N2CCN(C)CC2)ccc1N.CNc1cc(N2CCN(C)CC2)ccc1[N+](=O)[O-].O=[N+]([O-])c1ccc(Cl)cc1F.